The smallest absolute Gasteiger partial charge is 0.231 e. The number of carbonyl (C=O) groups is 1. The van der Waals surface area contributed by atoms with Crippen LogP contribution in [-0.2, 0) is 11.2 Å². The first-order chi connectivity index (χ1) is 13.2. The van der Waals surface area contributed by atoms with E-state index in [2.05, 4.69) is 15.2 Å². The number of amides is 1. The maximum atomic E-state index is 13.2. The van der Waals surface area contributed by atoms with Crippen molar-refractivity contribution in [3.8, 4) is 11.3 Å². The van der Waals surface area contributed by atoms with Crippen molar-refractivity contribution in [3.05, 3.63) is 65.4 Å². The number of aromatic nitrogens is 3. The maximum Gasteiger partial charge on any atom is 0.231 e. The highest BCUT2D eigenvalue weighted by molar-refractivity contribution is 6.30. The highest BCUT2D eigenvalue weighted by Gasteiger charge is 2.52. The molecule has 3 heterocycles. The average Bonchev–Trinajstić information content (AvgIpc) is 3.28. The van der Waals surface area contributed by atoms with Gasteiger partial charge in [0, 0.05) is 41.0 Å². The van der Waals surface area contributed by atoms with Crippen molar-refractivity contribution < 1.29 is 4.79 Å². The summed E-state index contributed by atoms with van der Waals surface area (Å²) in [6.07, 6.45) is 6.28. The van der Waals surface area contributed by atoms with Gasteiger partial charge in [-0.1, -0.05) is 23.7 Å². The number of H-pyrrole nitrogens is 1. The topological polar surface area (TPSA) is 61.9 Å². The van der Waals surface area contributed by atoms with Gasteiger partial charge >= 0.3 is 0 Å². The minimum absolute atomic E-state index is 0.00241. The molecule has 136 valence electrons. The average molecular weight is 379 g/mol. The molecule has 1 N–H and O–H groups in total. The van der Waals surface area contributed by atoms with Gasteiger partial charge in [-0.2, -0.15) is 5.10 Å². The molecule has 3 unspecified atom stereocenters. The number of benzene rings is 1. The van der Waals surface area contributed by atoms with Crippen LogP contribution in [0.4, 0.5) is 5.82 Å². The van der Waals surface area contributed by atoms with Crippen molar-refractivity contribution in [3.63, 3.8) is 0 Å². The molecular formula is C21H19ClN4O. The van der Waals surface area contributed by atoms with Crippen molar-refractivity contribution in [1.82, 2.24) is 15.2 Å². The molecule has 0 spiro atoms. The van der Waals surface area contributed by atoms with Crippen LogP contribution in [-0.4, -0.2) is 27.1 Å². The lowest BCUT2D eigenvalue weighted by Crippen LogP contribution is -2.43. The maximum absolute atomic E-state index is 13.2. The Hall–Kier alpha value is -2.66. The Morgan fingerprint density at radius 2 is 1.89 bits per heavy atom. The predicted octanol–water partition coefficient (Wildman–Crippen LogP) is 4.11. The molecule has 0 radical (unpaired) electrons. The quantitative estimate of drug-likeness (QED) is 0.743. The van der Waals surface area contributed by atoms with Crippen molar-refractivity contribution in [2.24, 2.45) is 11.8 Å². The van der Waals surface area contributed by atoms with Crippen molar-refractivity contribution in [2.75, 3.05) is 4.90 Å². The summed E-state index contributed by atoms with van der Waals surface area (Å²) in [5.74, 6) is 1.57. The second-order valence-electron chi connectivity index (χ2n) is 7.41. The molecule has 3 aromatic rings. The molecule has 27 heavy (non-hydrogen) atoms. The first-order valence-electron chi connectivity index (χ1n) is 9.22. The number of anilines is 1. The van der Waals surface area contributed by atoms with Crippen LogP contribution in [0.5, 0.6) is 0 Å². The number of nitrogens with one attached hydrogen (secondary N) is 1. The zero-order chi connectivity index (χ0) is 18.4. The summed E-state index contributed by atoms with van der Waals surface area (Å²) >= 11 is 5.98. The monoisotopic (exact) mass is 378 g/mol. The normalized spacial score (nSPS) is 24.0. The van der Waals surface area contributed by atoms with E-state index in [1.165, 1.54) is 0 Å². The van der Waals surface area contributed by atoms with Gasteiger partial charge in [0.2, 0.25) is 5.91 Å². The van der Waals surface area contributed by atoms with Crippen LogP contribution in [0.15, 0.2) is 54.9 Å². The first kappa shape index (κ1) is 16.5. The zero-order valence-corrected chi connectivity index (χ0v) is 15.4. The Morgan fingerprint density at radius 3 is 2.67 bits per heavy atom. The first-order valence-corrected chi connectivity index (χ1v) is 9.60. The summed E-state index contributed by atoms with van der Waals surface area (Å²) in [5, 5.41) is 8.20. The molecule has 2 aromatic heterocycles. The lowest BCUT2D eigenvalue weighted by Gasteiger charge is -2.31. The third-order valence-corrected chi connectivity index (χ3v) is 5.84. The van der Waals surface area contributed by atoms with Crippen molar-refractivity contribution in [1.29, 1.82) is 0 Å². The van der Waals surface area contributed by atoms with Gasteiger partial charge in [-0.3, -0.25) is 19.8 Å². The molecule has 5 nitrogen and oxygen atoms in total. The SMILES string of the molecule is O=C1C(Cc2ccc(Cl)cc2)CC2CC2N1c1cc(-c2ccncc2)n[nH]1. The standard InChI is InChI=1S/C21H19ClN4O/c22-17-3-1-13(2-4-17)9-16-10-15-11-19(15)26(21(16)27)20-12-18(24-25-20)14-5-7-23-8-6-14/h1-8,12,15-16,19H,9-11H2,(H,24,25). The lowest BCUT2D eigenvalue weighted by molar-refractivity contribution is -0.123. The van der Waals surface area contributed by atoms with Gasteiger partial charge in [0.1, 0.15) is 5.82 Å². The number of piperidine rings is 1. The Bertz CT molecular complexity index is 969. The molecule has 1 amide bonds. The Kier molecular flexibility index (Phi) is 3.97. The zero-order valence-electron chi connectivity index (χ0n) is 14.7. The van der Waals surface area contributed by atoms with E-state index in [0.29, 0.717) is 12.0 Å². The van der Waals surface area contributed by atoms with E-state index in [0.717, 1.165) is 46.9 Å². The number of fused-ring (bicyclic) bond motifs is 1. The van der Waals surface area contributed by atoms with Gasteiger partial charge in [0.15, 0.2) is 0 Å². The Balaban J connectivity index is 1.39. The number of pyridine rings is 1. The Morgan fingerprint density at radius 1 is 1.11 bits per heavy atom. The molecule has 2 aliphatic rings. The van der Waals surface area contributed by atoms with E-state index in [1.54, 1.807) is 12.4 Å². The number of carbonyl (C=O) groups excluding carboxylic acids is 1. The summed E-state index contributed by atoms with van der Waals surface area (Å²) in [4.78, 5) is 19.2. The summed E-state index contributed by atoms with van der Waals surface area (Å²) in [6.45, 7) is 0. The minimum Gasteiger partial charge on any atom is -0.294 e. The molecule has 1 aromatic carbocycles. The molecule has 1 aliphatic carbocycles. The number of aromatic amines is 1. The summed E-state index contributed by atoms with van der Waals surface area (Å²) in [5.41, 5.74) is 2.97. The van der Waals surface area contributed by atoms with E-state index in [4.69, 9.17) is 11.6 Å². The van der Waals surface area contributed by atoms with Crippen LogP contribution < -0.4 is 4.90 Å². The van der Waals surface area contributed by atoms with Gasteiger partial charge in [-0.15, -0.1) is 0 Å². The molecule has 0 bridgehead atoms. The number of halogens is 1. The molecule has 1 saturated carbocycles. The summed E-state index contributed by atoms with van der Waals surface area (Å²) < 4.78 is 0. The lowest BCUT2D eigenvalue weighted by atomic mass is 9.90. The van der Waals surface area contributed by atoms with Gasteiger partial charge in [0.05, 0.1) is 5.69 Å². The fraction of sp³-hybridized carbons (Fsp3) is 0.286. The highest BCUT2D eigenvalue weighted by Crippen LogP contribution is 2.48. The van der Waals surface area contributed by atoms with E-state index >= 15 is 0 Å². The molecule has 1 aliphatic heterocycles. The van der Waals surface area contributed by atoms with Crippen LogP contribution in [0.3, 0.4) is 0 Å². The molecule has 2 fully saturated rings. The fourth-order valence-corrected chi connectivity index (χ4v) is 4.23. The third kappa shape index (κ3) is 3.12. The van der Waals surface area contributed by atoms with Crippen molar-refractivity contribution >= 4 is 23.3 Å². The van der Waals surface area contributed by atoms with Gasteiger partial charge in [-0.25, -0.2) is 0 Å². The van der Waals surface area contributed by atoms with E-state index in [-0.39, 0.29) is 11.8 Å². The van der Waals surface area contributed by atoms with Crippen LogP contribution in [0.1, 0.15) is 18.4 Å². The number of hydrogen-bond donors (Lipinski definition) is 1. The van der Waals surface area contributed by atoms with Crippen LogP contribution in [0, 0.1) is 11.8 Å². The third-order valence-electron chi connectivity index (χ3n) is 5.59. The summed E-state index contributed by atoms with van der Waals surface area (Å²) in [7, 11) is 0. The van der Waals surface area contributed by atoms with E-state index in [1.807, 2.05) is 47.4 Å². The fourth-order valence-electron chi connectivity index (χ4n) is 4.11. The van der Waals surface area contributed by atoms with E-state index < -0.39 is 0 Å². The van der Waals surface area contributed by atoms with Gasteiger partial charge < -0.3 is 0 Å². The molecule has 3 atom stereocenters. The largest absolute Gasteiger partial charge is 0.294 e. The van der Waals surface area contributed by atoms with Crippen LogP contribution in [0.25, 0.3) is 11.3 Å². The number of nitrogens with zero attached hydrogens (tertiary/aromatic N) is 3. The molecule has 5 rings (SSSR count). The second kappa shape index (κ2) is 6.50. The van der Waals surface area contributed by atoms with Crippen molar-refractivity contribution in [2.45, 2.75) is 25.3 Å². The number of rotatable bonds is 4. The molecule has 6 heteroatoms. The van der Waals surface area contributed by atoms with E-state index in [9.17, 15) is 4.79 Å². The highest BCUT2D eigenvalue weighted by atomic mass is 35.5. The van der Waals surface area contributed by atoms with Gasteiger partial charge in [0.25, 0.3) is 0 Å². The van der Waals surface area contributed by atoms with Gasteiger partial charge in [-0.05, 0) is 55.0 Å². The van der Waals surface area contributed by atoms with Crippen LogP contribution in [0.2, 0.25) is 5.02 Å². The molecule has 1 saturated heterocycles. The minimum atomic E-state index is 0.00241. The molecular weight excluding hydrogens is 360 g/mol. The summed E-state index contributed by atoms with van der Waals surface area (Å²) in [6, 6.07) is 13.9. The number of hydrogen-bond acceptors (Lipinski definition) is 3. The second-order valence-corrected chi connectivity index (χ2v) is 7.85. The predicted molar refractivity (Wildman–Crippen MR) is 104 cm³/mol. The van der Waals surface area contributed by atoms with Crippen LogP contribution >= 0.6 is 11.6 Å². The Labute approximate surface area is 162 Å².